The average molecular weight is 619 g/mol. The molecule has 0 saturated carbocycles. The maximum atomic E-state index is 13.0. The minimum Gasteiger partial charge on any atom is -0.494 e. The SMILES string of the molecule is CC(C)(N)CC(C)(C(=O)OCCCCCCCCCCCOc1ccc(/C(C#N)=C/c2ccc3c(c2)OCO3)cc1)C(C)(C)C. The Balaban J connectivity index is 1.23. The number of ether oxygens (including phenoxy) is 4. The lowest BCUT2D eigenvalue weighted by atomic mass is 9.63. The molecule has 3 rings (SSSR count). The summed E-state index contributed by atoms with van der Waals surface area (Å²) in [6.45, 7) is 13.6. The number of carbonyl (C=O) groups excluding carboxylic acids is 1. The molecule has 1 unspecified atom stereocenters. The van der Waals surface area contributed by atoms with E-state index in [0.717, 1.165) is 48.3 Å². The summed E-state index contributed by atoms with van der Waals surface area (Å²) >= 11 is 0. The van der Waals surface area contributed by atoms with Gasteiger partial charge in [-0.3, -0.25) is 4.79 Å². The number of hydrogen-bond donors (Lipinski definition) is 1. The summed E-state index contributed by atoms with van der Waals surface area (Å²) in [4.78, 5) is 13.0. The summed E-state index contributed by atoms with van der Waals surface area (Å²) in [5.74, 6) is 2.11. The van der Waals surface area contributed by atoms with Crippen molar-refractivity contribution in [3.8, 4) is 23.3 Å². The van der Waals surface area contributed by atoms with Crippen molar-refractivity contribution in [3.63, 3.8) is 0 Å². The fourth-order valence-electron chi connectivity index (χ4n) is 5.59. The summed E-state index contributed by atoms with van der Waals surface area (Å²) in [6, 6.07) is 15.6. The number of hydrogen-bond acceptors (Lipinski definition) is 7. The van der Waals surface area contributed by atoms with Crippen molar-refractivity contribution in [1.82, 2.24) is 0 Å². The van der Waals surface area contributed by atoms with E-state index in [2.05, 4.69) is 26.8 Å². The van der Waals surface area contributed by atoms with Crippen molar-refractivity contribution in [3.05, 3.63) is 53.6 Å². The van der Waals surface area contributed by atoms with Gasteiger partial charge in [-0.2, -0.15) is 5.26 Å². The lowest BCUT2D eigenvalue weighted by molar-refractivity contribution is -0.164. The third-order valence-electron chi connectivity index (χ3n) is 8.70. The van der Waals surface area contributed by atoms with Gasteiger partial charge in [0, 0.05) is 5.54 Å². The van der Waals surface area contributed by atoms with Gasteiger partial charge in [0.15, 0.2) is 11.5 Å². The number of unbranched alkanes of at least 4 members (excludes halogenated alkanes) is 8. The molecule has 1 aliphatic heterocycles. The van der Waals surface area contributed by atoms with Crippen molar-refractivity contribution in [2.75, 3.05) is 20.0 Å². The van der Waals surface area contributed by atoms with Crippen LogP contribution in [0.3, 0.4) is 0 Å². The van der Waals surface area contributed by atoms with Gasteiger partial charge in [-0.1, -0.05) is 71.8 Å². The van der Waals surface area contributed by atoms with Crippen LogP contribution < -0.4 is 19.9 Å². The Labute approximate surface area is 271 Å². The third kappa shape index (κ3) is 11.4. The van der Waals surface area contributed by atoms with Gasteiger partial charge < -0.3 is 24.7 Å². The molecule has 45 heavy (non-hydrogen) atoms. The van der Waals surface area contributed by atoms with Gasteiger partial charge in [0.1, 0.15) is 5.75 Å². The number of benzene rings is 2. The van der Waals surface area contributed by atoms with E-state index < -0.39 is 11.0 Å². The number of allylic oxidation sites excluding steroid dienone is 1. The Hall–Kier alpha value is -3.50. The van der Waals surface area contributed by atoms with Gasteiger partial charge in [0.05, 0.1) is 30.3 Å². The number of rotatable bonds is 18. The summed E-state index contributed by atoms with van der Waals surface area (Å²) in [5, 5.41) is 9.70. The fourth-order valence-corrected chi connectivity index (χ4v) is 5.59. The number of nitrogens with two attached hydrogens (primary N) is 1. The van der Waals surface area contributed by atoms with Crippen molar-refractivity contribution in [2.45, 2.75) is 111 Å². The molecule has 1 heterocycles. The Morgan fingerprint density at radius 2 is 1.42 bits per heavy atom. The quantitative estimate of drug-likeness (QED) is 0.0769. The first-order chi connectivity index (χ1) is 21.3. The van der Waals surface area contributed by atoms with Gasteiger partial charge in [-0.25, -0.2) is 0 Å². The fraction of sp³-hybridized carbons (Fsp3) is 0.579. The zero-order valence-corrected chi connectivity index (χ0v) is 28.4. The average Bonchev–Trinajstić information content (AvgIpc) is 3.45. The van der Waals surface area contributed by atoms with Crippen molar-refractivity contribution in [2.24, 2.45) is 16.6 Å². The van der Waals surface area contributed by atoms with Gasteiger partial charge in [0.25, 0.3) is 0 Å². The summed E-state index contributed by atoms with van der Waals surface area (Å²) in [5.41, 5.74) is 7.31. The van der Waals surface area contributed by atoms with Gasteiger partial charge in [-0.15, -0.1) is 0 Å². The van der Waals surface area contributed by atoms with Crippen molar-refractivity contribution >= 4 is 17.6 Å². The van der Waals surface area contributed by atoms with E-state index in [4.69, 9.17) is 24.7 Å². The van der Waals surface area contributed by atoms with Gasteiger partial charge in [-0.05, 0) is 99.0 Å². The highest BCUT2D eigenvalue weighted by molar-refractivity contribution is 5.90. The van der Waals surface area contributed by atoms with E-state index >= 15 is 0 Å². The molecule has 0 radical (unpaired) electrons. The molecule has 246 valence electrons. The minimum atomic E-state index is -0.614. The van der Waals surface area contributed by atoms with Crippen LogP contribution in [0.5, 0.6) is 17.2 Å². The molecule has 7 heteroatoms. The van der Waals surface area contributed by atoms with E-state index in [9.17, 15) is 10.1 Å². The zero-order chi connectivity index (χ0) is 32.9. The number of nitriles is 1. The molecular formula is C38H54N2O5. The van der Waals surface area contributed by atoms with E-state index in [1.807, 2.05) is 69.3 Å². The molecule has 2 N–H and O–H groups in total. The van der Waals surface area contributed by atoms with Gasteiger partial charge in [0.2, 0.25) is 6.79 Å². The Bertz CT molecular complexity index is 1300. The largest absolute Gasteiger partial charge is 0.494 e. The molecule has 2 aromatic rings. The summed E-state index contributed by atoms with van der Waals surface area (Å²) in [6.07, 6.45) is 12.7. The number of nitrogens with zero attached hydrogens (tertiary/aromatic N) is 1. The lowest BCUT2D eigenvalue weighted by Gasteiger charge is -2.43. The predicted octanol–water partition coefficient (Wildman–Crippen LogP) is 9.09. The van der Waals surface area contributed by atoms with Crippen LogP contribution in [0, 0.1) is 22.2 Å². The van der Waals surface area contributed by atoms with E-state index in [1.54, 1.807) is 0 Å². The van der Waals surface area contributed by atoms with Crippen LogP contribution in [0.1, 0.15) is 117 Å². The summed E-state index contributed by atoms with van der Waals surface area (Å²) in [7, 11) is 0. The molecule has 1 aliphatic rings. The van der Waals surface area contributed by atoms with Crippen LogP contribution >= 0.6 is 0 Å². The smallest absolute Gasteiger partial charge is 0.312 e. The van der Waals surface area contributed by atoms with Crippen LogP contribution in [0.25, 0.3) is 11.6 Å². The Morgan fingerprint density at radius 1 is 0.844 bits per heavy atom. The van der Waals surface area contributed by atoms with E-state index in [-0.39, 0.29) is 18.2 Å². The molecule has 1 atom stereocenters. The van der Waals surface area contributed by atoms with Crippen molar-refractivity contribution < 1.29 is 23.7 Å². The molecule has 0 bridgehead atoms. The topological polar surface area (TPSA) is 104 Å². The highest BCUT2D eigenvalue weighted by Gasteiger charge is 2.47. The van der Waals surface area contributed by atoms with Crippen LogP contribution in [0.4, 0.5) is 0 Å². The van der Waals surface area contributed by atoms with Crippen LogP contribution in [-0.4, -0.2) is 31.5 Å². The highest BCUT2D eigenvalue weighted by atomic mass is 16.7. The third-order valence-corrected chi connectivity index (χ3v) is 8.70. The molecule has 0 amide bonds. The summed E-state index contributed by atoms with van der Waals surface area (Å²) < 4.78 is 22.4. The molecular weight excluding hydrogens is 564 g/mol. The Morgan fingerprint density at radius 3 is 2.00 bits per heavy atom. The van der Waals surface area contributed by atoms with Crippen molar-refractivity contribution in [1.29, 1.82) is 5.26 Å². The van der Waals surface area contributed by atoms with Gasteiger partial charge >= 0.3 is 5.97 Å². The van der Waals surface area contributed by atoms with Crippen LogP contribution in [-0.2, 0) is 9.53 Å². The standard InChI is InChI=1S/C38H54N2O5/c1-36(2,3)38(6,27-37(4,5)40)35(41)43-23-15-13-11-9-7-8-10-12-14-22-42-32-19-17-30(18-20-32)31(26-39)24-29-16-21-33-34(25-29)45-28-44-33/h16-21,24-25H,7-15,22-23,27-28,40H2,1-6H3/b31-24+. The maximum Gasteiger partial charge on any atom is 0.312 e. The highest BCUT2D eigenvalue weighted by Crippen LogP contribution is 2.45. The first-order valence-corrected chi connectivity index (χ1v) is 16.5. The monoisotopic (exact) mass is 618 g/mol. The molecule has 0 fully saturated rings. The molecule has 7 nitrogen and oxygen atoms in total. The zero-order valence-electron chi connectivity index (χ0n) is 28.4. The Kier molecular flexibility index (Phi) is 13.4. The molecule has 0 spiro atoms. The van der Waals surface area contributed by atoms with E-state index in [1.165, 1.54) is 32.1 Å². The molecule has 0 saturated heterocycles. The second-order valence-corrected chi connectivity index (χ2v) is 14.2. The molecule has 2 aromatic carbocycles. The molecule has 0 aromatic heterocycles. The second kappa shape index (κ2) is 16.7. The number of esters is 1. The first-order valence-electron chi connectivity index (χ1n) is 16.5. The maximum absolute atomic E-state index is 13.0. The lowest BCUT2D eigenvalue weighted by Crippen LogP contribution is -2.49. The van der Waals surface area contributed by atoms with E-state index in [0.29, 0.717) is 31.0 Å². The normalized spacial score (nSPS) is 14.5. The van der Waals surface area contributed by atoms with Crippen LogP contribution in [0.15, 0.2) is 42.5 Å². The predicted molar refractivity (Wildman–Crippen MR) is 181 cm³/mol. The minimum absolute atomic E-state index is 0.131. The van der Waals surface area contributed by atoms with Crippen LogP contribution in [0.2, 0.25) is 0 Å². The first kappa shape index (κ1) is 36.0. The second-order valence-electron chi connectivity index (χ2n) is 14.2. The number of fused-ring (bicyclic) bond motifs is 1. The number of carbonyl (C=O) groups is 1. The molecule has 0 aliphatic carbocycles.